The lowest BCUT2D eigenvalue weighted by Crippen LogP contribution is -2.45. The van der Waals surface area contributed by atoms with Gasteiger partial charge >= 0.3 is 0 Å². The first-order chi connectivity index (χ1) is 11.8. The minimum Gasteiger partial charge on any atom is -0.490 e. The second kappa shape index (κ2) is 11.2. The van der Waals surface area contributed by atoms with Gasteiger partial charge in [-0.3, -0.25) is 0 Å². The fourth-order valence-electron chi connectivity index (χ4n) is 2.95. The third kappa shape index (κ3) is 6.55. The molecule has 1 saturated heterocycles. The van der Waals surface area contributed by atoms with Gasteiger partial charge in [0.2, 0.25) is 0 Å². The van der Waals surface area contributed by atoms with Gasteiger partial charge in [-0.1, -0.05) is 18.2 Å². The Balaban J connectivity index is 0.00000225. The highest BCUT2D eigenvalue weighted by atomic mass is 127. The van der Waals surface area contributed by atoms with E-state index in [4.69, 9.17) is 9.73 Å². The van der Waals surface area contributed by atoms with E-state index in [1.807, 2.05) is 17.8 Å². The molecule has 1 saturated carbocycles. The van der Waals surface area contributed by atoms with Gasteiger partial charge in [-0.05, 0) is 50.8 Å². The summed E-state index contributed by atoms with van der Waals surface area (Å²) in [7, 11) is 0. The summed E-state index contributed by atoms with van der Waals surface area (Å²) < 4.78 is 6.11. The molecule has 0 spiro atoms. The molecule has 1 aliphatic carbocycles. The number of benzene rings is 1. The largest absolute Gasteiger partial charge is 0.490 e. The van der Waals surface area contributed by atoms with Crippen molar-refractivity contribution in [1.29, 1.82) is 0 Å². The maximum Gasteiger partial charge on any atom is 0.191 e. The Kier molecular flexibility index (Phi) is 9.23. The van der Waals surface area contributed by atoms with E-state index in [0.717, 1.165) is 18.3 Å². The van der Waals surface area contributed by atoms with Crippen molar-refractivity contribution in [2.75, 3.05) is 18.1 Å². The third-order valence-electron chi connectivity index (χ3n) is 4.57. The Morgan fingerprint density at radius 1 is 1.24 bits per heavy atom. The fourth-order valence-corrected chi connectivity index (χ4v) is 4.02. The number of hydrogen-bond acceptors (Lipinski definition) is 3. The third-order valence-corrected chi connectivity index (χ3v) is 5.79. The standard InChI is InChI=1S/C19H29N3OS.HI/c1-2-20-19(22-16-8-6-12-24-14-16)21-13-15-7-3-4-11-18(15)23-17-9-5-10-17;/h3-4,7,11,16-17H,2,5-6,8-10,12-14H2,1H3,(H2,20,21,22);1H. The van der Waals surface area contributed by atoms with Crippen LogP contribution in [0.15, 0.2) is 29.3 Å². The minimum absolute atomic E-state index is 0. The Hall–Kier alpha value is -0.630. The SMILES string of the molecule is CCNC(=NCc1ccccc1OC1CCC1)NC1CCCSC1.I. The minimum atomic E-state index is 0. The molecule has 2 aliphatic rings. The number of ether oxygens (including phenoxy) is 1. The van der Waals surface area contributed by atoms with Crippen molar-refractivity contribution in [2.24, 2.45) is 4.99 Å². The van der Waals surface area contributed by atoms with E-state index < -0.39 is 0 Å². The highest BCUT2D eigenvalue weighted by molar-refractivity contribution is 14.0. The van der Waals surface area contributed by atoms with Gasteiger partial charge in [-0.25, -0.2) is 4.99 Å². The normalized spacial score (nSPS) is 21.0. The zero-order valence-electron chi connectivity index (χ0n) is 15.0. The lowest BCUT2D eigenvalue weighted by atomic mass is 9.96. The molecule has 1 atom stereocenters. The van der Waals surface area contributed by atoms with Gasteiger partial charge in [0, 0.05) is 23.9 Å². The van der Waals surface area contributed by atoms with Gasteiger partial charge in [0.25, 0.3) is 0 Å². The number of thioether (sulfide) groups is 1. The zero-order chi connectivity index (χ0) is 16.6. The number of hydrogen-bond donors (Lipinski definition) is 2. The van der Waals surface area contributed by atoms with Crippen LogP contribution in [-0.4, -0.2) is 36.2 Å². The van der Waals surface area contributed by atoms with E-state index in [1.54, 1.807) is 0 Å². The number of nitrogens with zero attached hydrogens (tertiary/aromatic N) is 1. The molecule has 0 amide bonds. The van der Waals surface area contributed by atoms with Crippen LogP contribution in [0, 0.1) is 0 Å². The molecule has 2 N–H and O–H groups in total. The van der Waals surface area contributed by atoms with E-state index in [-0.39, 0.29) is 24.0 Å². The monoisotopic (exact) mass is 475 g/mol. The van der Waals surface area contributed by atoms with Gasteiger partial charge in [0.05, 0.1) is 12.6 Å². The molecule has 2 fully saturated rings. The molecule has 1 aromatic rings. The molecular formula is C19H30IN3OS. The van der Waals surface area contributed by atoms with Crippen molar-refractivity contribution in [1.82, 2.24) is 10.6 Å². The van der Waals surface area contributed by atoms with Crippen LogP contribution in [0.4, 0.5) is 0 Å². The number of aliphatic imine (C=N–C) groups is 1. The van der Waals surface area contributed by atoms with Gasteiger partial charge < -0.3 is 15.4 Å². The first-order valence-electron chi connectivity index (χ1n) is 9.22. The van der Waals surface area contributed by atoms with Crippen molar-refractivity contribution in [3.8, 4) is 5.75 Å². The van der Waals surface area contributed by atoms with Crippen molar-refractivity contribution >= 4 is 41.7 Å². The average molecular weight is 475 g/mol. The number of guanidine groups is 1. The van der Waals surface area contributed by atoms with E-state index >= 15 is 0 Å². The Morgan fingerprint density at radius 2 is 2.08 bits per heavy atom. The van der Waals surface area contributed by atoms with Gasteiger partial charge in [0.1, 0.15) is 5.75 Å². The lowest BCUT2D eigenvalue weighted by molar-refractivity contribution is 0.119. The van der Waals surface area contributed by atoms with E-state index in [9.17, 15) is 0 Å². The molecule has 0 radical (unpaired) electrons. The summed E-state index contributed by atoms with van der Waals surface area (Å²) in [6, 6.07) is 8.84. The molecule has 1 heterocycles. The predicted molar refractivity (Wildman–Crippen MR) is 118 cm³/mol. The van der Waals surface area contributed by atoms with Gasteiger partial charge in [-0.2, -0.15) is 11.8 Å². The molecule has 25 heavy (non-hydrogen) atoms. The van der Waals surface area contributed by atoms with Crippen molar-refractivity contribution < 1.29 is 4.74 Å². The summed E-state index contributed by atoms with van der Waals surface area (Å²) >= 11 is 2.03. The maximum absolute atomic E-state index is 6.11. The van der Waals surface area contributed by atoms with Crippen LogP contribution in [0.2, 0.25) is 0 Å². The summed E-state index contributed by atoms with van der Waals surface area (Å²) in [5.74, 6) is 4.38. The topological polar surface area (TPSA) is 45.7 Å². The quantitative estimate of drug-likeness (QED) is 0.368. The Morgan fingerprint density at radius 3 is 2.76 bits per heavy atom. The first-order valence-corrected chi connectivity index (χ1v) is 10.4. The van der Waals surface area contributed by atoms with E-state index in [1.165, 1.54) is 49.2 Å². The molecule has 4 nitrogen and oxygen atoms in total. The highest BCUT2D eigenvalue weighted by Crippen LogP contribution is 2.28. The second-order valence-corrected chi connectivity index (χ2v) is 7.68. The van der Waals surface area contributed by atoms with Crippen molar-refractivity contribution in [3.05, 3.63) is 29.8 Å². The number of nitrogens with one attached hydrogen (secondary N) is 2. The van der Waals surface area contributed by atoms with E-state index in [0.29, 0.717) is 18.7 Å². The number of rotatable bonds is 6. The Bertz CT molecular complexity index is 545. The molecule has 6 heteroatoms. The summed E-state index contributed by atoms with van der Waals surface area (Å²) in [5.41, 5.74) is 1.17. The first kappa shape index (κ1) is 20.7. The lowest BCUT2D eigenvalue weighted by Gasteiger charge is -2.27. The molecule has 3 rings (SSSR count). The number of halogens is 1. The zero-order valence-corrected chi connectivity index (χ0v) is 18.1. The number of para-hydroxylation sites is 1. The van der Waals surface area contributed by atoms with Crippen LogP contribution in [0.25, 0.3) is 0 Å². The molecular weight excluding hydrogens is 445 g/mol. The smallest absolute Gasteiger partial charge is 0.191 e. The van der Waals surface area contributed by atoms with Gasteiger partial charge in [0.15, 0.2) is 5.96 Å². The molecule has 0 bridgehead atoms. The van der Waals surface area contributed by atoms with Gasteiger partial charge in [-0.15, -0.1) is 24.0 Å². The molecule has 140 valence electrons. The summed E-state index contributed by atoms with van der Waals surface area (Å²) in [4.78, 5) is 4.79. The van der Waals surface area contributed by atoms with Crippen LogP contribution in [0.5, 0.6) is 5.75 Å². The highest BCUT2D eigenvalue weighted by Gasteiger charge is 2.20. The van der Waals surface area contributed by atoms with Crippen LogP contribution < -0.4 is 15.4 Å². The van der Waals surface area contributed by atoms with Crippen molar-refractivity contribution in [3.63, 3.8) is 0 Å². The average Bonchev–Trinajstić information content (AvgIpc) is 2.58. The molecule has 1 unspecified atom stereocenters. The predicted octanol–water partition coefficient (Wildman–Crippen LogP) is 4.19. The Labute approximate surface area is 173 Å². The van der Waals surface area contributed by atoms with Crippen LogP contribution in [0.3, 0.4) is 0 Å². The summed E-state index contributed by atoms with van der Waals surface area (Å²) in [5, 5.41) is 6.96. The summed E-state index contributed by atoms with van der Waals surface area (Å²) in [6.45, 7) is 3.64. The second-order valence-electron chi connectivity index (χ2n) is 6.53. The molecule has 1 aliphatic heterocycles. The maximum atomic E-state index is 6.11. The van der Waals surface area contributed by atoms with Crippen molar-refractivity contribution in [2.45, 2.75) is 57.7 Å². The van der Waals surface area contributed by atoms with Crippen LogP contribution in [0.1, 0.15) is 44.6 Å². The van der Waals surface area contributed by atoms with Crippen LogP contribution >= 0.6 is 35.7 Å². The molecule has 1 aromatic carbocycles. The molecule has 0 aromatic heterocycles. The van der Waals surface area contributed by atoms with E-state index in [2.05, 4.69) is 35.8 Å². The fraction of sp³-hybridized carbons (Fsp3) is 0.632. The summed E-state index contributed by atoms with van der Waals surface area (Å²) in [6.07, 6.45) is 6.58. The van der Waals surface area contributed by atoms with Crippen LogP contribution in [-0.2, 0) is 6.54 Å².